The average Bonchev–Trinajstić information content (AvgIpc) is 2.92. The number of piperazine rings is 1. The molecule has 21 heavy (non-hydrogen) atoms. The molecule has 1 aliphatic heterocycles. The van der Waals surface area contributed by atoms with Crippen LogP contribution in [-0.4, -0.2) is 59.8 Å². The van der Waals surface area contributed by atoms with Crippen LogP contribution in [0.5, 0.6) is 0 Å². The van der Waals surface area contributed by atoms with Crippen molar-refractivity contribution in [1.29, 1.82) is 0 Å². The molecule has 2 aliphatic rings. The van der Waals surface area contributed by atoms with E-state index in [0.29, 0.717) is 6.04 Å². The van der Waals surface area contributed by atoms with Gasteiger partial charge < -0.3 is 10.0 Å². The van der Waals surface area contributed by atoms with Crippen LogP contribution in [0.1, 0.15) is 24.8 Å². The van der Waals surface area contributed by atoms with Crippen LogP contribution in [0.4, 0.5) is 0 Å². The second-order valence-corrected chi connectivity index (χ2v) is 7.57. The first-order valence-corrected chi connectivity index (χ1v) is 9.19. The van der Waals surface area contributed by atoms with E-state index in [9.17, 15) is 5.11 Å². The highest BCUT2D eigenvalue weighted by Gasteiger charge is 2.32. The smallest absolute Gasteiger partial charge is 0.0695 e. The molecule has 3 nitrogen and oxygen atoms in total. The Morgan fingerprint density at radius 1 is 1.14 bits per heavy atom. The first-order chi connectivity index (χ1) is 10.2. The number of aliphatic hydroxyl groups is 1. The molecule has 1 aliphatic carbocycles. The summed E-state index contributed by atoms with van der Waals surface area (Å²) in [6.07, 6.45) is 4.44. The van der Waals surface area contributed by atoms with Crippen molar-refractivity contribution in [3.8, 4) is 0 Å². The van der Waals surface area contributed by atoms with Crippen molar-refractivity contribution in [2.75, 3.05) is 32.7 Å². The maximum Gasteiger partial charge on any atom is 0.0695 e. The van der Waals surface area contributed by atoms with Crippen LogP contribution in [-0.2, 0) is 6.42 Å². The van der Waals surface area contributed by atoms with E-state index >= 15 is 0 Å². The highest BCUT2D eigenvalue weighted by molar-refractivity contribution is 14.1. The Morgan fingerprint density at radius 2 is 1.95 bits per heavy atom. The Morgan fingerprint density at radius 3 is 2.62 bits per heavy atom. The van der Waals surface area contributed by atoms with Gasteiger partial charge in [-0.25, -0.2) is 0 Å². The monoisotopic (exact) mass is 400 g/mol. The molecule has 1 saturated carbocycles. The minimum Gasteiger partial charge on any atom is -0.391 e. The molecule has 116 valence electrons. The third kappa shape index (κ3) is 4.18. The fourth-order valence-corrected chi connectivity index (χ4v) is 4.25. The standard InChI is InChI=1S/C17H25IN2O/c18-15-4-1-3-14(13-15)7-8-19-9-11-20(12-10-19)16-5-2-6-17(16)21/h1,3-4,13,16-17,21H,2,5-12H2/t16-,17-/m0/s1. The molecule has 1 saturated heterocycles. The van der Waals surface area contributed by atoms with Gasteiger partial charge in [-0.05, 0) is 66.0 Å². The predicted molar refractivity (Wildman–Crippen MR) is 94.5 cm³/mol. The predicted octanol–water partition coefficient (Wildman–Crippen LogP) is 2.36. The van der Waals surface area contributed by atoms with Crippen LogP contribution in [0.3, 0.4) is 0 Å². The molecule has 0 radical (unpaired) electrons. The van der Waals surface area contributed by atoms with E-state index < -0.39 is 0 Å². The Kier molecular flexibility index (Phi) is 5.54. The SMILES string of the molecule is O[C@H]1CCC[C@@H]1N1CCN(CCc2cccc(I)c2)CC1. The number of hydrogen-bond acceptors (Lipinski definition) is 3. The summed E-state index contributed by atoms with van der Waals surface area (Å²) in [5.41, 5.74) is 1.44. The van der Waals surface area contributed by atoms with Crippen molar-refractivity contribution < 1.29 is 5.11 Å². The van der Waals surface area contributed by atoms with E-state index in [1.807, 2.05) is 0 Å². The van der Waals surface area contributed by atoms with Gasteiger partial charge in [-0.1, -0.05) is 12.1 Å². The zero-order valence-electron chi connectivity index (χ0n) is 12.5. The molecule has 0 aromatic heterocycles. The van der Waals surface area contributed by atoms with Crippen LogP contribution in [0, 0.1) is 3.57 Å². The third-order valence-electron chi connectivity index (χ3n) is 4.93. The third-order valence-corrected chi connectivity index (χ3v) is 5.60. The molecular weight excluding hydrogens is 375 g/mol. The lowest BCUT2D eigenvalue weighted by molar-refractivity contribution is 0.0358. The van der Waals surface area contributed by atoms with Crippen LogP contribution >= 0.6 is 22.6 Å². The van der Waals surface area contributed by atoms with Gasteiger partial charge in [0.2, 0.25) is 0 Å². The molecule has 0 unspecified atom stereocenters. The Labute approximate surface area is 141 Å². The second-order valence-electron chi connectivity index (χ2n) is 6.32. The maximum atomic E-state index is 10.0. The minimum absolute atomic E-state index is 0.0806. The molecule has 3 rings (SSSR count). The van der Waals surface area contributed by atoms with Gasteiger partial charge in [-0.2, -0.15) is 0 Å². The van der Waals surface area contributed by atoms with Gasteiger partial charge in [-0.3, -0.25) is 4.90 Å². The molecule has 2 atom stereocenters. The summed E-state index contributed by atoms with van der Waals surface area (Å²) in [4.78, 5) is 5.08. The highest BCUT2D eigenvalue weighted by atomic mass is 127. The fraction of sp³-hybridized carbons (Fsp3) is 0.647. The molecule has 0 amide bonds. The fourth-order valence-electron chi connectivity index (χ4n) is 3.65. The van der Waals surface area contributed by atoms with E-state index in [-0.39, 0.29) is 6.10 Å². The van der Waals surface area contributed by atoms with Gasteiger partial charge in [0.25, 0.3) is 0 Å². The number of benzene rings is 1. The van der Waals surface area contributed by atoms with Crippen molar-refractivity contribution in [3.63, 3.8) is 0 Å². The second kappa shape index (κ2) is 7.40. The quantitative estimate of drug-likeness (QED) is 0.787. The van der Waals surface area contributed by atoms with Crippen molar-refractivity contribution in [2.45, 2.75) is 37.8 Å². The zero-order valence-corrected chi connectivity index (χ0v) is 14.7. The first kappa shape index (κ1) is 15.7. The number of rotatable bonds is 4. The zero-order chi connectivity index (χ0) is 14.7. The largest absolute Gasteiger partial charge is 0.391 e. The number of aliphatic hydroxyl groups excluding tert-OH is 1. The van der Waals surface area contributed by atoms with Gasteiger partial charge in [0.05, 0.1) is 6.10 Å². The van der Waals surface area contributed by atoms with Crippen molar-refractivity contribution in [1.82, 2.24) is 9.80 Å². The topological polar surface area (TPSA) is 26.7 Å². The lowest BCUT2D eigenvalue weighted by Gasteiger charge is -2.39. The van der Waals surface area contributed by atoms with E-state index in [2.05, 4.69) is 56.7 Å². The Bertz CT molecular complexity index is 460. The summed E-state index contributed by atoms with van der Waals surface area (Å²) < 4.78 is 1.32. The van der Waals surface area contributed by atoms with Crippen molar-refractivity contribution >= 4 is 22.6 Å². The highest BCUT2D eigenvalue weighted by Crippen LogP contribution is 2.25. The van der Waals surface area contributed by atoms with Gasteiger partial charge in [-0.15, -0.1) is 0 Å². The minimum atomic E-state index is -0.0806. The summed E-state index contributed by atoms with van der Waals surface area (Å²) >= 11 is 2.38. The summed E-state index contributed by atoms with van der Waals surface area (Å²) in [6.45, 7) is 5.68. The Balaban J connectivity index is 1.43. The van der Waals surface area contributed by atoms with E-state index in [0.717, 1.165) is 45.6 Å². The lowest BCUT2D eigenvalue weighted by Crippen LogP contribution is -2.52. The Hall–Kier alpha value is -0.170. The van der Waals surface area contributed by atoms with Gasteiger partial charge in [0.1, 0.15) is 0 Å². The molecule has 1 N–H and O–H groups in total. The summed E-state index contributed by atoms with van der Waals surface area (Å²) in [7, 11) is 0. The average molecular weight is 400 g/mol. The van der Waals surface area contributed by atoms with Gasteiger partial charge >= 0.3 is 0 Å². The van der Waals surface area contributed by atoms with E-state index in [4.69, 9.17) is 0 Å². The van der Waals surface area contributed by atoms with Crippen molar-refractivity contribution in [3.05, 3.63) is 33.4 Å². The summed E-state index contributed by atoms with van der Waals surface area (Å²) in [5.74, 6) is 0. The number of hydrogen-bond donors (Lipinski definition) is 1. The number of nitrogens with zero attached hydrogens (tertiary/aromatic N) is 2. The maximum absolute atomic E-state index is 10.0. The van der Waals surface area contributed by atoms with Gasteiger partial charge in [0.15, 0.2) is 0 Å². The molecular formula is C17H25IN2O. The molecule has 0 bridgehead atoms. The van der Waals surface area contributed by atoms with Gasteiger partial charge in [0, 0.05) is 42.3 Å². The first-order valence-electron chi connectivity index (χ1n) is 8.11. The number of halogens is 1. The summed E-state index contributed by atoms with van der Waals surface area (Å²) in [6, 6.07) is 9.24. The van der Waals surface area contributed by atoms with E-state index in [1.54, 1.807) is 0 Å². The van der Waals surface area contributed by atoms with Crippen LogP contribution < -0.4 is 0 Å². The summed E-state index contributed by atoms with van der Waals surface area (Å²) in [5, 5.41) is 10.0. The van der Waals surface area contributed by atoms with E-state index in [1.165, 1.54) is 22.0 Å². The normalized spacial score (nSPS) is 28.1. The molecule has 1 aromatic carbocycles. The molecule has 1 heterocycles. The molecule has 0 spiro atoms. The van der Waals surface area contributed by atoms with Crippen LogP contribution in [0.15, 0.2) is 24.3 Å². The van der Waals surface area contributed by atoms with Crippen LogP contribution in [0.25, 0.3) is 0 Å². The molecule has 2 fully saturated rings. The lowest BCUT2D eigenvalue weighted by atomic mass is 10.1. The van der Waals surface area contributed by atoms with Crippen molar-refractivity contribution in [2.24, 2.45) is 0 Å². The van der Waals surface area contributed by atoms with Crippen LogP contribution in [0.2, 0.25) is 0 Å². The molecule has 1 aromatic rings. The molecule has 4 heteroatoms.